The highest BCUT2D eigenvalue weighted by molar-refractivity contribution is 6.12. The number of ether oxygens (including phenoxy) is 4. The van der Waals surface area contributed by atoms with E-state index in [9.17, 15) is 39.4 Å². The van der Waals surface area contributed by atoms with Gasteiger partial charge in [0.1, 0.15) is 50.8 Å². The Labute approximate surface area is 420 Å². The molecule has 34 nitrogen and oxygen atoms in total. The lowest BCUT2D eigenvalue weighted by molar-refractivity contribution is -0.383. The predicted molar refractivity (Wildman–Crippen MR) is 242 cm³/mol. The Morgan fingerprint density at radius 3 is 0.895 bits per heavy atom. The van der Waals surface area contributed by atoms with Gasteiger partial charge in [-0.3, -0.25) is 78.6 Å². The molecular formula is C42H38N14O20. The molecule has 4 atom stereocenters. The monoisotopic (exact) mass is 1060 g/mol. The van der Waals surface area contributed by atoms with Crippen LogP contribution in [0.2, 0.25) is 0 Å². The third-order valence-electron chi connectivity index (χ3n) is 14.7. The topological polar surface area (TPSA) is 374 Å². The zero-order chi connectivity index (χ0) is 54.6. The van der Waals surface area contributed by atoms with Gasteiger partial charge in [0.25, 0.3) is 56.3 Å². The average molecular weight is 1060 g/mol. The van der Waals surface area contributed by atoms with Crippen LogP contribution in [0.1, 0.15) is 27.7 Å². The number of fused-ring (bicyclic) bond motifs is 4. The molecule has 11 rings (SSSR count). The van der Waals surface area contributed by atoms with Crippen molar-refractivity contribution in [2.75, 3.05) is 39.8 Å². The van der Waals surface area contributed by atoms with Crippen LogP contribution in [0.3, 0.4) is 0 Å². The molecule has 0 aliphatic carbocycles. The summed E-state index contributed by atoms with van der Waals surface area (Å²) in [4.78, 5) is 210. The number of hydrogen-bond acceptors (Lipinski definition) is 20. The molecule has 0 radical (unpaired) electrons. The molecule has 9 heterocycles. The van der Waals surface area contributed by atoms with Gasteiger partial charge < -0.3 is 18.9 Å². The standard InChI is InChI=1S/C42H38N14O20/c1-5-73-31(61)39-41(33(63)75-7-3)47-17-51-27(57)21-11-9-13-23(55(69)70)25(21)29(59)53(51)19-49(41)37(67)45(39)16-44-36(66)48-18-52-28(58)22-12-10-14-24(56(71)72)26(22)30(60)54(52)20-50-38(68)46(15-43(39)35(47)65)40(44,32(62)74-6-2)42(48,50)34(64)76-8-4/h9-14H,5-8,15-20H2,1-4H3/t39-,40-,41+,42+/m0/s1. The number of carbonyl (C=O) groups excluding carboxylic acids is 8. The molecule has 0 saturated carbocycles. The first-order chi connectivity index (χ1) is 36.2. The highest BCUT2D eigenvalue weighted by Crippen LogP contribution is 2.60. The molecule has 2 aromatic heterocycles. The summed E-state index contributed by atoms with van der Waals surface area (Å²) in [5, 5.41) is 21.9. The predicted octanol–water partition coefficient (Wildman–Crippen LogP) is -2.07. The first-order valence-electron chi connectivity index (χ1n) is 23.1. The second-order valence-corrected chi connectivity index (χ2v) is 17.7. The van der Waals surface area contributed by atoms with Crippen molar-refractivity contribution in [3.8, 4) is 0 Å². The van der Waals surface area contributed by atoms with E-state index in [0.717, 1.165) is 36.4 Å². The third kappa shape index (κ3) is 5.08. The number of aromatic nitrogens is 4. The van der Waals surface area contributed by atoms with Crippen LogP contribution in [0.4, 0.5) is 30.6 Å². The van der Waals surface area contributed by atoms with E-state index in [4.69, 9.17) is 18.9 Å². The van der Waals surface area contributed by atoms with Gasteiger partial charge in [0.15, 0.2) is 0 Å². The lowest BCUT2D eigenvalue weighted by Gasteiger charge is -2.51. The van der Waals surface area contributed by atoms with Crippen molar-refractivity contribution in [3.63, 3.8) is 0 Å². The Kier molecular flexibility index (Phi) is 10.0. The van der Waals surface area contributed by atoms with Gasteiger partial charge in [-0.1, -0.05) is 12.1 Å². The van der Waals surface area contributed by atoms with Gasteiger partial charge >= 0.3 is 48.0 Å². The summed E-state index contributed by atoms with van der Waals surface area (Å²) in [5.41, 5.74) is -20.1. The van der Waals surface area contributed by atoms with E-state index in [1.165, 1.54) is 27.7 Å². The molecule has 4 aromatic rings. The van der Waals surface area contributed by atoms with Crippen LogP contribution >= 0.6 is 0 Å². The third-order valence-corrected chi connectivity index (χ3v) is 14.7. The Hall–Kier alpha value is -9.92. The summed E-state index contributed by atoms with van der Waals surface area (Å²) in [7, 11) is 0. The lowest BCUT2D eigenvalue weighted by atomic mass is 9.88. The lowest BCUT2D eigenvalue weighted by Crippen LogP contribution is -2.81. The van der Waals surface area contributed by atoms with E-state index < -0.39 is 202 Å². The number of hydrogen-bond donors (Lipinski definition) is 0. The van der Waals surface area contributed by atoms with Crippen LogP contribution in [0, 0.1) is 20.2 Å². The number of non-ortho nitro benzene ring substituents is 2. The molecule has 5 saturated heterocycles. The van der Waals surface area contributed by atoms with E-state index in [2.05, 4.69) is 0 Å². The molecule has 0 unspecified atom stereocenters. The summed E-state index contributed by atoms with van der Waals surface area (Å²) in [6.07, 6.45) is 0. The zero-order valence-electron chi connectivity index (χ0n) is 40.0. The quantitative estimate of drug-likeness (QED) is 0.0712. The summed E-state index contributed by atoms with van der Waals surface area (Å²) in [6, 6.07) is -0.112. The molecule has 396 valence electrons. The van der Waals surface area contributed by atoms with Crippen LogP contribution < -0.4 is 22.2 Å². The molecule has 0 bridgehead atoms. The molecule has 0 spiro atoms. The number of nitro benzene ring substituents is 2. The Morgan fingerprint density at radius 2 is 0.658 bits per heavy atom. The minimum atomic E-state index is -3.38. The van der Waals surface area contributed by atoms with Crippen molar-refractivity contribution >= 4 is 80.9 Å². The number of nitrogens with zero attached hydrogens (tertiary/aromatic N) is 14. The van der Waals surface area contributed by atoms with Crippen molar-refractivity contribution in [3.05, 3.63) is 98.0 Å². The van der Waals surface area contributed by atoms with Crippen LogP contribution in [0.25, 0.3) is 21.5 Å². The molecule has 7 aliphatic rings. The minimum Gasteiger partial charge on any atom is -0.463 e. The summed E-state index contributed by atoms with van der Waals surface area (Å²) < 4.78 is 24.5. The largest absolute Gasteiger partial charge is 0.463 e. The van der Waals surface area contributed by atoms with Crippen molar-refractivity contribution < 1.29 is 67.2 Å². The molecule has 5 fully saturated rings. The maximum Gasteiger partial charge on any atom is 0.359 e. The SMILES string of the molecule is CCOC(=O)[C@]12N3CN4C(=O)N5Cn6c(=O)c7c([N+](=O)[O-])cccc7c(=O)n6CN6C(=O)N(CN1C(=O)N1Cn7c(=O)c8c([N+](=O)[O-])cccc8c(=O)n7CN(C3=O)[C@]12C(=O)OCC)[C@]4(C(=O)OCC)[C@]65C(=O)OCC. The van der Waals surface area contributed by atoms with Crippen molar-refractivity contribution in [1.29, 1.82) is 0 Å². The second kappa shape index (κ2) is 15.8. The summed E-state index contributed by atoms with van der Waals surface area (Å²) in [6.45, 7) is -5.36. The molecule has 8 amide bonds. The smallest absolute Gasteiger partial charge is 0.359 e. The number of amides is 8. The fraction of sp³-hybridized carbons (Fsp3) is 0.429. The Morgan fingerprint density at radius 1 is 0.421 bits per heavy atom. The molecule has 2 aromatic carbocycles. The highest BCUT2D eigenvalue weighted by Gasteiger charge is 2.93. The molecule has 34 heteroatoms. The van der Waals surface area contributed by atoms with Gasteiger partial charge in [-0.25, -0.2) is 57.1 Å². The maximum atomic E-state index is 15.9. The normalized spacial score (nSPS) is 24.7. The number of carbonyl (C=O) groups is 8. The van der Waals surface area contributed by atoms with Gasteiger partial charge in [0, 0.05) is 12.1 Å². The molecule has 7 aliphatic heterocycles. The first-order valence-corrected chi connectivity index (χ1v) is 23.1. The number of urea groups is 4. The number of nitro groups is 2. The fourth-order valence-electron chi connectivity index (χ4n) is 12.0. The van der Waals surface area contributed by atoms with Crippen LogP contribution in [0.5, 0.6) is 0 Å². The van der Waals surface area contributed by atoms with E-state index in [-0.39, 0.29) is 0 Å². The van der Waals surface area contributed by atoms with Crippen molar-refractivity contribution in [2.45, 2.75) is 77.0 Å². The minimum absolute atomic E-state index is 0.411. The maximum absolute atomic E-state index is 15.9. The summed E-state index contributed by atoms with van der Waals surface area (Å²) in [5.74, 6) is -6.54. The van der Waals surface area contributed by atoms with Gasteiger partial charge in [0.05, 0.1) is 47.0 Å². The van der Waals surface area contributed by atoms with Crippen molar-refractivity contribution in [2.24, 2.45) is 0 Å². The average Bonchev–Trinajstić information content (AvgIpc) is 3.37. The molecule has 76 heavy (non-hydrogen) atoms. The number of rotatable bonds is 10. The first kappa shape index (κ1) is 48.4. The Balaban J connectivity index is 1.24. The van der Waals surface area contributed by atoms with Crippen LogP contribution in [-0.2, 0) is 64.8 Å². The number of benzene rings is 2. The van der Waals surface area contributed by atoms with Gasteiger partial charge in [-0.05, 0) is 39.8 Å². The van der Waals surface area contributed by atoms with E-state index in [1.807, 2.05) is 0 Å². The van der Waals surface area contributed by atoms with Crippen molar-refractivity contribution in [1.82, 2.24) is 57.9 Å². The van der Waals surface area contributed by atoms with Crippen LogP contribution in [-0.4, -0.2) is 178 Å². The summed E-state index contributed by atoms with van der Waals surface area (Å²) >= 11 is 0. The van der Waals surface area contributed by atoms with Gasteiger partial charge in [0.2, 0.25) is 0 Å². The van der Waals surface area contributed by atoms with Gasteiger partial charge in [-0.15, -0.1) is 0 Å². The van der Waals surface area contributed by atoms with Crippen LogP contribution in [0.15, 0.2) is 55.6 Å². The fourth-order valence-corrected chi connectivity index (χ4v) is 12.0. The van der Waals surface area contributed by atoms with E-state index >= 15 is 38.4 Å². The number of esters is 4. The molecular weight excluding hydrogens is 1020 g/mol. The van der Waals surface area contributed by atoms with E-state index in [0.29, 0.717) is 57.9 Å². The zero-order valence-corrected chi connectivity index (χ0v) is 40.0. The van der Waals surface area contributed by atoms with E-state index in [1.54, 1.807) is 0 Å². The Bertz CT molecular complexity index is 3500. The molecule has 0 N–H and O–H groups in total. The highest BCUT2D eigenvalue weighted by atomic mass is 16.6. The second-order valence-electron chi connectivity index (χ2n) is 17.7. The van der Waals surface area contributed by atoms with Gasteiger partial charge in [-0.2, -0.15) is 0 Å².